The van der Waals surface area contributed by atoms with Crippen LogP contribution in [0.1, 0.15) is 76.7 Å². The number of alkyl carbamates (subject to hydrolysis) is 1. The molecule has 0 saturated heterocycles. The molecular weight excluding hydrogens is 374 g/mol. The van der Waals surface area contributed by atoms with Gasteiger partial charge in [0.2, 0.25) is 0 Å². The highest BCUT2D eigenvalue weighted by molar-refractivity contribution is 7.18. The molecule has 1 aliphatic carbocycles. The minimum atomic E-state index is -0.801. The van der Waals surface area contributed by atoms with Crippen LogP contribution in [0, 0.1) is 12.3 Å². The van der Waals surface area contributed by atoms with Gasteiger partial charge in [0.25, 0.3) is 0 Å². The molecule has 6 nitrogen and oxygen atoms in total. The largest absolute Gasteiger partial charge is 0.444 e. The molecule has 1 aliphatic rings. The van der Waals surface area contributed by atoms with E-state index in [9.17, 15) is 9.90 Å². The lowest BCUT2D eigenvalue weighted by atomic mass is 9.70. The second-order valence-electron chi connectivity index (χ2n) is 9.60. The Morgan fingerprint density at radius 3 is 2.50 bits per heavy atom. The predicted octanol–water partition coefficient (Wildman–Crippen LogP) is 4.81. The summed E-state index contributed by atoms with van der Waals surface area (Å²) in [5.41, 5.74) is -0.322. The fourth-order valence-corrected chi connectivity index (χ4v) is 4.76. The first kappa shape index (κ1) is 21.0. The fraction of sp³-hybridized carbons (Fsp3) is 0.667. The van der Waals surface area contributed by atoms with E-state index in [-0.39, 0.29) is 12.0 Å². The number of rotatable bonds is 3. The van der Waals surface area contributed by atoms with E-state index in [0.717, 1.165) is 46.5 Å². The Balaban J connectivity index is 1.84. The summed E-state index contributed by atoms with van der Waals surface area (Å²) in [4.78, 5) is 22.9. The highest BCUT2D eigenvalue weighted by Crippen LogP contribution is 2.47. The summed E-state index contributed by atoms with van der Waals surface area (Å²) in [7, 11) is 0. The van der Waals surface area contributed by atoms with Gasteiger partial charge in [-0.2, -0.15) is 0 Å². The third-order valence-corrected chi connectivity index (χ3v) is 6.49. The van der Waals surface area contributed by atoms with E-state index in [1.165, 1.54) is 11.3 Å². The van der Waals surface area contributed by atoms with E-state index in [1.807, 2.05) is 33.8 Å². The fourth-order valence-electron chi connectivity index (χ4n) is 3.52. The van der Waals surface area contributed by atoms with Crippen molar-refractivity contribution in [1.82, 2.24) is 15.3 Å². The second kappa shape index (κ2) is 7.26. The number of carbonyl (C=O) groups is 1. The number of aryl methyl sites for hydroxylation is 1. The van der Waals surface area contributed by atoms with Crippen molar-refractivity contribution in [2.45, 2.75) is 85.0 Å². The number of hydrogen-bond donors (Lipinski definition) is 2. The van der Waals surface area contributed by atoms with Gasteiger partial charge in [-0.1, -0.05) is 13.8 Å². The standard InChI is InChI=1S/C21H31N3O3S/c1-13-23-15(12-22-18(25)27-19(2,3)4)14-11-16(28-17(14)24-13)21(26)9-7-20(5,6)8-10-21/h11,26H,7-10,12H2,1-6H3,(H,22,25). The Morgan fingerprint density at radius 2 is 1.89 bits per heavy atom. The maximum atomic E-state index is 12.0. The van der Waals surface area contributed by atoms with Crippen molar-refractivity contribution < 1.29 is 14.6 Å². The van der Waals surface area contributed by atoms with Crippen LogP contribution in [-0.4, -0.2) is 26.8 Å². The van der Waals surface area contributed by atoms with E-state index >= 15 is 0 Å². The summed E-state index contributed by atoms with van der Waals surface area (Å²) >= 11 is 1.53. The van der Waals surface area contributed by atoms with Gasteiger partial charge in [0, 0.05) is 10.3 Å². The van der Waals surface area contributed by atoms with Gasteiger partial charge < -0.3 is 15.2 Å². The van der Waals surface area contributed by atoms with Crippen molar-refractivity contribution in [3.63, 3.8) is 0 Å². The third kappa shape index (κ3) is 4.81. The van der Waals surface area contributed by atoms with Crippen LogP contribution < -0.4 is 5.32 Å². The molecule has 2 heterocycles. The van der Waals surface area contributed by atoms with Crippen LogP contribution in [0.25, 0.3) is 10.2 Å². The second-order valence-corrected chi connectivity index (χ2v) is 10.6. The van der Waals surface area contributed by atoms with Crippen LogP contribution in [0.2, 0.25) is 0 Å². The number of fused-ring (bicyclic) bond motifs is 1. The van der Waals surface area contributed by atoms with Gasteiger partial charge in [-0.25, -0.2) is 14.8 Å². The van der Waals surface area contributed by atoms with Crippen molar-refractivity contribution in [3.05, 3.63) is 22.5 Å². The lowest BCUT2D eigenvalue weighted by molar-refractivity contribution is -0.0275. The van der Waals surface area contributed by atoms with Crippen LogP contribution in [0.3, 0.4) is 0 Å². The molecule has 7 heteroatoms. The predicted molar refractivity (Wildman–Crippen MR) is 111 cm³/mol. The van der Waals surface area contributed by atoms with Crippen molar-refractivity contribution >= 4 is 27.6 Å². The molecule has 1 amide bonds. The summed E-state index contributed by atoms with van der Waals surface area (Å²) in [6, 6.07) is 2.00. The Bertz CT molecular complexity index is 873. The average Bonchev–Trinajstić information content (AvgIpc) is 2.99. The summed E-state index contributed by atoms with van der Waals surface area (Å²) in [6.07, 6.45) is 3.03. The number of hydrogen-bond acceptors (Lipinski definition) is 6. The molecule has 0 atom stereocenters. The maximum Gasteiger partial charge on any atom is 0.407 e. The zero-order valence-electron chi connectivity index (χ0n) is 17.7. The smallest absolute Gasteiger partial charge is 0.407 e. The minimum Gasteiger partial charge on any atom is -0.444 e. The van der Waals surface area contributed by atoms with E-state index < -0.39 is 17.3 Å². The number of nitrogens with one attached hydrogen (secondary N) is 1. The first-order valence-electron chi connectivity index (χ1n) is 9.84. The van der Waals surface area contributed by atoms with Crippen LogP contribution in [0.5, 0.6) is 0 Å². The highest BCUT2D eigenvalue weighted by atomic mass is 32.1. The molecule has 1 fully saturated rings. The summed E-state index contributed by atoms with van der Waals surface area (Å²) in [5, 5.41) is 14.9. The molecule has 2 aromatic rings. The third-order valence-electron chi connectivity index (χ3n) is 5.27. The number of aliphatic hydroxyl groups is 1. The zero-order valence-corrected chi connectivity index (χ0v) is 18.5. The first-order valence-corrected chi connectivity index (χ1v) is 10.7. The summed E-state index contributed by atoms with van der Waals surface area (Å²) in [5.74, 6) is 0.652. The molecule has 1 saturated carbocycles. The molecule has 2 aromatic heterocycles. The van der Waals surface area contributed by atoms with Crippen molar-refractivity contribution in [1.29, 1.82) is 0 Å². The molecule has 0 unspecified atom stereocenters. The Kier molecular flexibility index (Phi) is 5.44. The van der Waals surface area contributed by atoms with Crippen LogP contribution in [0.15, 0.2) is 6.07 Å². The van der Waals surface area contributed by atoms with Crippen LogP contribution in [-0.2, 0) is 16.9 Å². The molecule has 3 rings (SSSR count). The number of nitrogens with zero attached hydrogens (tertiary/aromatic N) is 2. The topological polar surface area (TPSA) is 84.3 Å². The van der Waals surface area contributed by atoms with E-state index in [4.69, 9.17) is 4.74 Å². The number of thiophene rings is 1. The normalized spacial score (nSPS) is 18.8. The number of ether oxygens (including phenoxy) is 1. The van der Waals surface area contributed by atoms with Gasteiger partial charge in [0.05, 0.1) is 17.8 Å². The summed E-state index contributed by atoms with van der Waals surface area (Å²) in [6.45, 7) is 12.1. The quantitative estimate of drug-likeness (QED) is 0.765. The SMILES string of the molecule is Cc1nc(CNC(=O)OC(C)(C)C)c2cc(C3(O)CCC(C)(C)CC3)sc2n1. The van der Waals surface area contributed by atoms with Gasteiger partial charge in [0.1, 0.15) is 16.3 Å². The number of carbonyl (C=O) groups excluding carboxylic acids is 1. The van der Waals surface area contributed by atoms with E-state index in [2.05, 4.69) is 29.1 Å². The molecule has 0 bridgehead atoms. The monoisotopic (exact) mass is 405 g/mol. The van der Waals surface area contributed by atoms with Gasteiger partial charge in [-0.05, 0) is 64.9 Å². The van der Waals surface area contributed by atoms with E-state index in [0.29, 0.717) is 5.82 Å². The molecule has 0 aliphatic heterocycles. The maximum absolute atomic E-state index is 12.0. The van der Waals surface area contributed by atoms with Gasteiger partial charge in [0.15, 0.2) is 0 Å². The molecular formula is C21H31N3O3S. The lowest BCUT2D eigenvalue weighted by Crippen LogP contribution is -2.33. The lowest BCUT2D eigenvalue weighted by Gasteiger charge is -2.39. The van der Waals surface area contributed by atoms with E-state index in [1.54, 1.807) is 0 Å². The van der Waals surface area contributed by atoms with Gasteiger partial charge >= 0.3 is 6.09 Å². The van der Waals surface area contributed by atoms with Crippen LogP contribution in [0.4, 0.5) is 4.79 Å². The molecule has 154 valence electrons. The summed E-state index contributed by atoms with van der Waals surface area (Å²) < 4.78 is 5.31. The van der Waals surface area contributed by atoms with Crippen molar-refractivity contribution in [3.8, 4) is 0 Å². The average molecular weight is 406 g/mol. The zero-order chi connectivity index (χ0) is 20.7. The Morgan fingerprint density at radius 1 is 1.25 bits per heavy atom. The van der Waals surface area contributed by atoms with Gasteiger partial charge in [-0.3, -0.25) is 0 Å². The van der Waals surface area contributed by atoms with Crippen molar-refractivity contribution in [2.75, 3.05) is 0 Å². The number of aromatic nitrogens is 2. The minimum absolute atomic E-state index is 0.260. The molecule has 0 spiro atoms. The Labute approximate surface area is 170 Å². The molecule has 2 N–H and O–H groups in total. The highest BCUT2D eigenvalue weighted by Gasteiger charge is 2.39. The molecule has 28 heavy (non-hydrogen) atoms. The van der Waals surface area contributed by atoms with Crippen LogP contribution >= 0.6 is 11.3 Å². The van der Waals surface area contributed by atoms with Crippen molar-refractivity contribution in [2.24, 2.45) is 5.41 Å². The Hall–Kier alpha value is -1.73. The first-order chi connectivity index (χ1) is 12.9. The molecule has 0 radical (unpaired) electrons. The molecule has 0 aromatic carbocycles. The number of amides is 1. The van der Waals surface area contributed by atoms with Gasteiger partial charge in [-0.15, -0.1) is 11.3 Å².